The molecule has 0 radical (unpaired) electrons. The van der Waals surface area contributed by atoms with Gasteiger partial charge in [0.2, 0.25) is 5.79 Å². The Balaban J connectivity index is 1.46. The molecule has 1 saturated heterocycles. The van der Waals surface area contributed by atoms with E-state index < -0.39 is 5.79 Å². The summed E-state index contributed by atoms with van der Waals surface area (Å²) in [6, 6.07) is 14.0. The van der Waals surface area contributed by atoms with Crippen molar-refractivity contribution in [3.05, 3.63) is 53.1 Å². The monoisotopic (exact) mass is 386 g/mol. The smallest absolute Gasteiger partial charge is 0.317 e. The number of halogens is 1. The predicted molar refractivity (Wildman–Crippen MR) is 105 cm³/mol. The molecule has 1 N–H and O–H groups in total. The van der Waals surface area contributed by atoms with Crippen molar-refractivity contribution in [2.75, 3.05) is 19.6 Å². The molecule has 0 bridgehead atoms. The number of fused-ring (bicyclic) bond motifs is 1. The normalized spacial score (nSPS) is 17.9. The second-order valence-electron chi connectivity index (χ2n) is 6.95. The molecule has 0 atom stereocenters. The van der Waals surface area contributed by atoms with Crippen LogP contribution in [-0.2, 0) is 11.3 Å². The highest BCUT2D eigenvalue weighted by Gasteiger charge is 2.41. The number of carbonyl (C=O) groups is 1. The third kappa shape index (κ3) is 3.75. The van der Waals surface area contributed by atoms with Gasteiger partial charge in [0.05, 0.1) is 6.61 Å². The van der Waals surface area contributed by atoms with Gasteiger partial charge in [-0.1, -0.05) is 29.8 Å². The molecule has 2 amide bonds. The second kappa shape index (κ2) is 7.41. The Morgan fingerprint density at radius 2 is 1.85 bits per heavy atom. The van der Waals surface area contributed by atoms with E-state index >= 15 is 0 Å². The number of ether oxygens (including phenoxy) is 2. The molecule has 142 valence electrons. The van der Waals surface area contributed by atoms with E-state index in [0.717, 1.165) is 27.5 Å². The van der Waals surface area contributed by atoms with Crippen LogP contribution < -0.4 is 10.1 Å². The van der Waals surface area contributed by atoms with Gasteiger partial charge in [0.15, 0.2) is 0 Å². The minimum absolute atomic E-state index is 0.0174. The first-order chi connectivity index (χ1) is 13.1. The Kier molecular flexibility index (Phi) is 4.98. The van der Waals surface area contributed by atoms with E-state index in [1.54, 1.807) is 0 Å². The minimum Gasteiger partial charge on any atom is -0.462 e. The van der Waals surface area contributed by atoms with E-state index in [2.05, 4.69) is 17.4 Å². The lowest BCUT2D eigenvalue weighted by molar-refractivity contribution is -0.225. The summed E-state index contributed by atoms with van der Waals surface area (Å²) in [6.45, 7) is 4.33. The highest BCUT2D eigenvalue weighted by molar-refractivity contribution is 6.30. The predicted octanol–water partition coefficient (Wildman–Crippen LogP) is 4.44. The van der Waals surface area contributed by atoms with Gasteiger partial charge in [-0.3, -0.25) is 0 Å². The number of likely N-dealkylation sites (tertiary alicyclic amines) is 1. The standard InChI is InChI=1S/C21H23ClN2O3/c1-2-23-20(25)24-11-9-21(10-12-24)26-14-17-13-16(5-8-19(17)27-21)15-3-6-18(22)7-4-15/h3-8,13H,2,9-12,14H2,1H3,(H,23,25). The molecule has 0 aliphatic carbocycles. The molecule has 2 aromatic carbocycles. The average molecular weight is 387 g/mol. The Hall–Kier alpha value is -2.24. The van der Waals surface area contributed by atoms with Gasteiger partial charge >= 0.3 is 6.03 Å². The number of hydrogen-bond donors (Lipinski definition) is 1. The summed E-state index contributed by atoms with van der Waals surface area (Å²) in [5.41, 5.74) is 3.26. The molecule has 27 heavy (non-hydrogen) atoms. The fourth-order valence-corrected chi connectivity index (χ4v) is 3.74. The summed E-state index contributed by atoms with van der Waals surface area (Å²) < 4.78 is 12.4. The van der Waals surface area contributed by atoms with Crippen molar-refractivity contribution in [1.29, 1.82) is 0 Å². The van der Waals surface area contributed by atoms with E-state index in [4.69, 9.17) is 21.1 Å². The number of benzene rings is 2. The van der Waals surface area contributed by atoms with Crippen LogP contribution >= 0.6 is 11.6 Å². The van der Waals surface area contributed by atoms with Gasteiger partial charge in [-0.15, -0.1) is 0 Å². The third-order valence-electron chi connectivity index (χ3n) is 5.17. The van der Waals surface area contributed by atoms with Crippen molar-refractivity contribution >= 4 is 17.6 Å². The lowest BCUT2D eigenvalue weighted by Gasteiger charge is -2.43. The van der Waals surface area contributed by atoms with Crippen molar-refractivity contribution in [1.82, 2.24) is 10.2 Å². The highest BCUT2D eigenvalue weighted by atomic mass is 35.5. The quantitative estimate of drug-likeness (QED) is 0.830. The maximum absolute atomic E-state index is 12.0. The number of urea groups is 1. The van der Waals surface area contributed by atoms with Crippen molar-refractivity contribution in [2.45, 2.75) is 32.2 Å². The van der Waals surface area contributed by atoms with Crippen LogP contribution in [0.1, 0.15) is 25.3 Å². The van der Waals surface area contributed by atoms with Crippen molar-refractivity contribution in [3.63, 3.8) is 0 Å². The number of piperidine rings is 1. The van der Waals surface area contributed by atoms with Gasteiger partial charge in [0.25, 0.3) is 0 Å². The summed E-state index contributed by atoms with van der Waals surface area (Å²) >= 11 is 5.98. The SMILES string of the molecule is CCNC(=O)N1CCC2(CC1)OCc1cc(-c3ccc(Cl)cc3)ccc1O2. The third-order valence-corrected chi connectivity index (χ3v) is 5.42. The van der Waals surface area contributed by atoms with Gasteiger partial charge in [0.1, 0.15) is 5.75 Å². The molecule has 4 rings (SSSR count). The number of nitrogens with one attached hydrogen (secondary N) is 1. The van der Waals surface area contributed by atoms with Gasteiger partial charge in [-0.2, -0.15) is 0 Å². The summed E-state index contributed by atoms with van der Waals surface area (Å²) in [5, 5.41) is 3.57. The largest absolute Gasteiger partial charge is 0.462 e. The van der Waals surface area contributed by atoms with E-state index in [0.29, 0.717) is 39.1 Å². The van der Waals surface area contributed by atoms with Gasteiger partial charge in [-0.25, -0.2) is 4.79 Å². The Bertz CT molecular complexity index is 830. The first-order valence-electron chi connectivity index (χ1n) is 9.33. The molecule has 5 nitrogen and oxygen atoms in total. The van der Waals surface area contributed by atoms with E-state index in [-0.39, 0.29) is 6.03 Å². The van der Waals surface area contributed by atoms with Gasteiger partial charge < -0.3 is 19.7 Å². The fraction of sp³-hybridized carbons (Fsp3) is 0.381. The topological polar surface area (TPSA) is 50.8 Å². The lowest BCUT2D eigenvalue weighted by Crippen LogP contribution is -2.54. The van der Waals surface area contributed by atoms with Crippen molar-refractivity contribution < 1.29 is 14.3 Å². The molecule has 1 fully saturated rings. The summed E-state index contributed by atoms with van der Waals surface area (Å²) in [5.74, 6) is 0.239. The number of hydrogen-bond acceptors (Lipinski definition) is 3. The van der Waals surface area contributed by atoms with Gasteiger partial charge in [-0.05, 0) is 42.3 Å². The van der Waals surface area contributed by atoms with Crippen LogP contribution in [-0.4, -0.2) is 36.4 Å². The zero-order chi connectivity index (χ0) is 18.9. The number of amides is 2. The van der Waals surface area contributed by atoms with Crippen LogP contribution in [0.15, 0.2) is 42.5 Å². The number of carbonyl (C=O) groups excluding carboxylic acids is 1. The first-order valence-corrected chi connectivity index (χ1v) is 9.71. The second-order valence-corrected chi connectivity index (χ2v) is 7.39. The van der Waals surface area contributed by atoms with Crippen LogP contribution in [0, 0.1) is 0 Å². The fourth-order valence-electron chi connectivity index (χ4n) is 3.61. The van der Waals surface area contributed by atoms with Crippen molar-refractivity contribution in [2.24, 2.45) is 0 Å². The zero-order valence-electron chi connectivity index (χ0n) is 15.3. The molecular weight excluding hydrogens is 364 g/mol. The molecule has 1 spiro atoms. The maximum atomic E-state index is 12.0. The van der Waals surface area contributed by atoms with E-state index in [1.807, 2.05) is 42.2 Å². The molecule has 2 aliphatic rings. The Morgan fingerprint density at radius 1 is 1.15 bits per heavy atom. The van der Waals surface area contributed by atoms with Crippen molar-refractivity contribution in [3.8, 4) is 16.9 Å². The average Bonchev–Trinajstić information content (AvgIpc) is 2.69. The maximum Gasteiger partial charge on any atom is 0.317 e. The van der Waals surface area contributed by atoms with Crippen LogP contribution in [0.3, 0.4) is 0 Å². The summed E-state index contributed by atoms with van der Waals surface area (Å²) in [7, 11) is 0. The van der Waals surface area contributed by atoms with Crippen LogP contribution in [0.2, 0.25) is 5.02 Å². The lowest BCUT2D eigenvalue weighted by atomic mass is 9.99. The van der Waals surface area contributed by atoms with E-state index in [9.17, 15) is 4.79 Å². The molecule has 2 aliphatic heterocycles. The zero-order valence-corrected chi connectivity index (χ0v) is 16.1. The molecule has 0 saturated carbocycles. The molecule has 0 unspecified atom stereocenters. The molecule has 2 aromatic rings. The van der Waals surface area contributed by atoms with E-state index in [1.165, 1.54) is 0 Å². The minimum atomic E-state index is -0.627. The molecule has 0 aromatic heterocycles. The Labute approximate surface area is 164 Å². The van der Waals surface area contributed by atoms with Gasteiger partial charge in [0, 0.05) is 43.1 Å². The van der Waals surface area contributed by atoms with Crippen LogP contribution in [0.4, 0.5) is 4.79 Å². The molecule has 6 heteroatoms. The van der Waals surface area contributed by atoms with Crippen LogP contribution in [0.5, 0.6) is 5.75 Å². The summed E-state index contributed by atoms with van der Waals surface area (Å²) in [6.07, 6.45) is 1.34. The number of rotatable bonds is 2. The van der Waals surface area contributed by atoms with Crippen LogP contribution in [0.25, 0.3) is 11.1 Å². The number of nitrogens with zero attached hydrogens (tertiary/aromatic N) is 1. The highest BCUT2D eigenvalue weighted by Crippen LogP contribution is 2.39. The Morgan fingerprint density at radius 3 is 2.56 bits per heavy atom. The summed E-state index contributed by atoms with van der Waals surface area (Å²) in [4.78, 5) is 13.8. The molecular formula is C21H23ClN2O3. The first kappa shape index (κ1) is 18.1. The molecule has 2 heterocycles.